The molecule has 1 saturated heterocycles. The molecule has 1 aliphatic heterocycles. The highest BCUT2D eigenvalue weighted by Gasteiger charge is 2.38. The fourth-order valence-corrected chi connectivity index (χ4v) is 3.39. The summed E-state index contributed by atoms with van der Waals surface area (Å²) in [6.45, 7) is 1.76. The highest BCUT2D eigenvalue weighted by molar-refractivity contribution is 5.99. The number of carbonyl (C=O) groups is 1. The standard InChI is InChI=1S/C18H26N6O2/c1-19-17-14(6-5-7-20-17)18(25)24-8-9-26-15(12-22(2)3)16(24)13-10-21-23(4)11-13/h5-7,10-11,15-16H,8-9,12H2,1-4H3,(H,19,20)/t15-,16-/m0/s1. The maximum Gasteiger partial charge on any atom is 0.258 e. The van der Waals surface area contributed by atoms with E-state index in [0.29, 0.717) is 24.5 Å². The molecular weight excluding hydrogens is 332 g/mol. The Morgan fingerprint density at radius 1 is 1.46 bits per heavy atom. The summed E-state index contributed by atoms with van der Waals surface area (Å²) in [5, 5.41) is 7.29. The maximum absolute atomic E-state index is 13.4. The molecule has 1 fully saturated rings. The Bertz CT molecular complexity index is 760. The van der Waals surface area contributed by atoms with E-state index in [2.05, 4.69) is 20.3 Å². The van der Waals surface area contributed by atoms with Gasteiger partial charge in [0, 0.05) is 45.1 Å². The minimum atomic E-state index is -0.197. The van der Waals surface area contributed by atoms with Gasteiger partial charge in [-0.25, -0.2) is 4.98 Å². The summed E-state index contributed by atoms with van der Waals surface area (Å²) >= 11 is 0. The zero-order valence-corrected chi connectivity index (χ0v) is 15.7. The fourth-order valence-electron chi connectivity index (χ4n) is 3.39. The summed E-state index contributed by atoms with van der Waals surface area (Å²) in [6.07, 6.45) is 5.31. The zero-order valence-electron chi connectivity index (χ0n) is 15.7. The smallest absolute Gasteiger partial charge is 0.258 e. The van der Waals surface area contributed by atoms with Crippen LogP contribution in [0.15, 0.2) is 30.7 Å². The lowest BCUT2D eigenvalue weighted by Gasteiger charge is -2.42. The van der Waals surface area contributed by atoms with Crippen LogP contribution in [0.3, 0.4) is 0 Å². The van der Waals surface area contributed by atoms with Crippen molar-refractivity contribution in [1.82, 2.24) is 24.6 Å². The first-order valence-corrected chi connectivity index (χ1v) is 8.70. The molecule has 3 rings (SSSR count). The van der Waals surface area contributed by atoms with E-state index in [-0.39, 0.29) is 18.1 Å². The van der Waals surface area contributed by atoms with Gasteiger partial charge in [0.05, 0.1) is 30.5 Å². The number of ether oxygens (including phenoxy) is 1. The van der Waals surface area contributed by atoms with Crippen LogP contribution in [0.25, 0.3) is 0 Å². The summed E-state index contributed by atoms with van der Waals surface area (Å²) in [7, 11) is 7.65. The molecule has 2 aromatic heterocycles. The predicted molar refractivity (Wildman–Crippen MR) is 99.1 cm³/mol. The molecule has 0 radical (unpaired) electrons. The molecule has 0 aliphatic carbocycles. The molecule has 1 aliphatic rings. The largest absolute Gasteiger partial charge is 0.373 e. The van der Waals surface area contributed by atoms with Gasteiger partial charge in [0.1, 0.15) is 5.82 Å². The second-order valence-corrected chi connectivity index (χ2v) is 6.71. The third-order valence-electron chi connectivity index (χ3n) is 4.50. The number of morpholine rings is 1. The lowest BCUT2D eigenvalue weighted by atomic mass is 9.99. The van der Waals surface area contributed by atoms with Gasteiger partial charge in [-0.15, -0.1) is 0 Å². The number of nitrogens with zero attached hydrogens (tertiary/aromatic N) is 5. The average Bonchev–Trinajstić information content (AvgIpc) is 3.06. The van der Waals surface area contributed by atoms with Gasteiger partial charge in [-0.3, -0.25) is 9.48 Å². The Hall–Kier alpha value is -2.45. The van der Waals surface area contributed by atoms with Gasteiger partial charge in [-0.1, -0.05) is 0 Å². The number of hydrogen-bond donors (Lipinski definition) is 1. The number of nitrogens with one attached hydrogen (secondary N) is 1. The molecule has 1 N–H and O–H groups in total. The van der Waals surface area contributed by atoms with Gasteiger partial charge >= 0.3 is 0 Å². The van der Waals surface area contributed by atoms with Crippen LogP contribution in [-0.2, 0) is 11.8 Å². The van der Waals surface area contributed by atoms with Gasteiger partial charge < -0.3 is 19.9 Å². The SMILES string of the molecule is CNc1ncccc1C(=O)N1CCO[C@@H](CN(C)C)[C@@H]1c1cnn(C)c1. The number of anilines is 1. The minimum absolute atomic E-state index is 0.0524. The van der Waals surface area contributed by atoms with Crippen LogP contribution >= 0.6 is 0 Å². The minimum Gasteiger partial charge on any atom is -0.373 e. The average molecular weight is 358 g/mol. The molecule has 0 bridgehead atoms. The summed E-state index contributed by atoms with van der Waals surface area (Å²) in [5.74, 6) is 0.529. The molecule has 0 aromatic carbocycles. The first-order chi connectivity index (χ1) is 12.5. The van der Waals surface area contributed by atoms with Crippen molar-refractivity contribution in [3.63, 3.8) is 0 Å². The quantitative estimate of drug-likeness (QED) is 0.859. The molecule has 8 nitrogen and oxygen atoms in total. The van der Waals surface area contributed by atoms with E-state index in [0.717, 1.165) is 12.1 Å². The highest BCUT2D eigenvalue weighted by Crippen LogP contribution is 2.32. The van der Waals surface area contributed by atoms with Gasteiger partial charge in [-0.2, -0.15) is 5.10 Å². The lowest BCUT2D eigenvalue weighted by molar-refractivity contribution is -0.0684. The van der Waals surface area contributed by atoms with Crippen LogP contribution < -0.4 is 5.32 Å². The van der Waals surface area contributed by atoms with Crippen LogP contribution in [0.1, 0.15) is 22.0 Å². The maximum atomic E-state index is 13.4. The predicted octanol–water partition coefficient (Wildman–Crippen LogP) is 1.00. The molecule has 3 heterocycles. The van der Waals surface area contributed by atoms with E-state index in [1.165, 1.54) is 0 Å². The summed E-state index contributed by atoms with van der Waals surface area (Å²) < 4.78 is 7.79. The second kappa shape index (κ2) is 7.84. The molecule has 0 saturated carbocycles. The Balaban J connectivity index is 1.98. The van der Waals surface area contributed by atoms with E-state index in [9.17, 15) is 4.79 Å². The van der Waals surface area contributed by atoms with E-state index < -0.39 is 0 Å². The Labute approximate surface area is 153 Å². The summed E-state index contributed by atoms with van der Waals surface area (Å²) in [6, 6.07) is 3.39. The Morgan fingerprint density at radius 3 is 2.92 bits per heavy atom. The molecule has 26 heavy (non-hydrogen) atoms. The first-order valence-electron chi connectivity index (χ1n) is 8.70. The third kappa shape index (κ3) is 3.71. The van der Waals surface area contributed by atoms with E-state index in [1.54, 1.807) is 30.1 Å². The Morgan fingerprint density at radius 2 is 2.27 bits per heavy atom. The van der Waals surface area contributed by atoms with Crippen LogP contribution in [-0.4, -0.2) is 77.4 Å². The van der Waals surface area contributed by atoms with Crippen molar-refractivity contribution in [3.8, 4) is 0 Å². The summed E-state index contributed by atoms with van der Waals surface area (Å²) in [5.41, 5.74) is 1.54. The fraction of sp³-hybridized carbons (Fsp3) is 0.500. The van der Waals surface area contributed by atoms with E-state index in [4.69, 9.17) is 4.74 Å². The molecule has 0 spiro atoms. The monoisotopic (exact) mass is 358 g/mol. The Kier molecular flexibility index (Phi) is 5.53. The van der Waals surface area contributed by atoms with Gasteiger partial charge in [0.25, 0.3) is 5.91 Å². The number of likely N-dealkylation sites (N-methyl/N-ethyl adjacent to an activating group) is 1. The number of hydrogen-bond acceptors (Lipinski definition) is 6. The van der Waals surface area contributed by atoms with Crippen molar-refractivity contribution in [2.24, 2.45) is 7.05 Å². The van der Waals surface area contributed by atoms with Crippen LogP contribution in [0.4, 0.5) is 5.82 Å². The molecule has 140 valence electrons. The van der Waals surface area contributed by atoms with Crippen molar-refractivity contribution in [2.45, 2.75) is 12.1 Å². The number of aromatic nitrogens is 3. The molecule has 0 unspecified atom stereocenters. The van der Waals surface area contributed by atoms with Crippen LogP contribution in [0.5, 0.6) is 0 Å². The van der Waals surface area contributed by atoms with Crippen LogP contribution in [0.2, 0.25) is 0 Å². The van der Waals surface area contributed by atoms with Crippen molar-refractivity contribution < 1.29 is 9.53 Å². The van der Waals surface area contributed by atoms with Gasteiger partial charge in [-0.05, 0) is 26.2 Å². The second-order valence-electron chi connectivity index (χ2n) is 6.71. The van der Waals surface area contributed by atoms with Crippen molar-refractivity contribution in [3.05, 3.63) is 41.9 Å². The molecule has 1 amide bonds. The highest BCUT2D eigenvalue weighted by atomic mass is 16.5. The molecular formula is C18H26N6O2. The normalized spacial score (nSPS) is 20.4. The van der Waals surface area contributed by atoms with Gasteiger partial charge in [0.15, 0.2) is 0 Å². The number of carbonyl (C=O) groups excluding carboxylic acids is 1. The van der Waals surface area contributed by atoms with Gasteiger partial charge in [0.2, 0.25) is 0 Å². The van der Waals surface area contributed by atoms with E-state index >= 15 is 0 Å². The number of pyridine rings is 1. The number of rotatable bonds is 5. The van der Waals surface area contributed by atoms with Crippen molar-refractivity contribution in [1.29, 1.82) is 0 Å². The summed E-state index contributed by atoms with van der Waals surface area (Å²) in [4.78, 5) is 21.6. The molecule has 8 heteroatoms. The van der Waals surface area contributed by atoms with Crippen molar-refractivity contribution >= 4 is 11.7 Å². The third-order valence-corrected chi connectivity index (χ3v) is 4.50. The number of amides is 1. The van der Waals surface area contributed by atoms with Crippen LogP contribution in [0, 0.1) is 0 Å². The lowest BCUT2D eigenvalue weighted by Crippen LogP contribution is -2.51. The molecule has 2 atom stereocenters. The molecule has 2 aromatic rings. The zero-order chi connectivity index (χ0) is 18.7. The van der Waals surface area contributed by atoms with E-state index in [1.807, 2.05) is 38.4 Å². The first kappa shape index (κ1) is 18.3. The van der Waals surface area contributed by atoms with Crippen molar-refractivity contribution in [2.75, 3.05) is 46.2 Å². The number of aryl methyl sites for hydroxylation is 1. The topological polar surface area (TPSA) is 75.5 Å².